The predicted octanol–water partition coefficient (Wildman–Crippen LogP) is 3.87. The smallest absolute Gasteiger partial charge is 0.259 e. The molecule has 0 aliphatic carbocycles. The van der Waals surface area contributed by atoms with Gasteiger partial charge in [-0.1, -0.05) is 22.9 Å². The monoisotopic (exact) mass is 315 g/mol. The molecule has 3 rings (SSSR count). The third-order valence-electron chi connectivity index (χ3n) is 2.67. The van der Waals surface area contributed by atoms with Crippen LogP contribution in [-0.4, -0.2) is 15.1 Å². The normalized spacial score (nSPS) is 10.6. The highest BCUT2D eigenvalue weighted by Crippen LogP contribution is 2.29. The highest BCUT2D eigenvalue weighted by Gasteiger charge is 2.13. The van der Waals surface area contributed by atoms with Gasteiger partial charge < -0.3 is 4.52 Å². The van der Waals surface area contributed by atoms with Gasteiger partial charge in [-0.25, -0.2) is 0 Å². The first kappa shape index (κ1) is 12.0. The van der Waals surface area contributed by atoms with Gasteiger partial charge in [0.2, 0.25) is 5.82 Å². The minimum Gasteiger partial charge on any atom is -0.334 e. The molecule has 0 amide bonds. The topological polar surface area (TPSA) is 51.8 Å². The van der Waals surface area contributed by atoms with Crippen LogP contribution in [0, 0.1) is 6.92 Å². The SMILES string of the molecule is Cc1ccc(Br)c(-c2nc(-c3ccccn3)no2)c1. The first-order valence-corrected chi connectivity index (χ1v) is 6.55. The van der Waals surface area contributed by atoms with E-state index in [1.165, 1.54) is 0 Å². The van der Waals surface area contributed by atoms with E-state index in [1.807, 2.05) is 43.3 Å². The van der Waals surface area contributed by atoms with Gasteiger partial charge in [-0.3, -0.25) is 4.98 Å². The van der Waals surface area contributed by atoms with Crippen molar-refractivity contribution in [2.75, 3.05) is 0 Å². The van der Waals surface area contributed by atoms with Gasteiger partial charge in [-0.05, 0) is 47.1 Å². The van der Waals surface area contributed by atoms with Crippen molar-refractivity contribution in [2.45, 2.75) is 6.92 Å². The number of aromatic nitrogens is 3. The molecule has 2 aromatic heterocycles. The van der Waals surface area contributed by atoms with E-state index >= 15 is 0 Å². The van der Waals surface area contributed by atoms with Gasteiger partial charge in [0, 0.05) is 10.7 Å². The van der Waals surface area contributed by atoms with E-state index in [2.05, 4.69) is 31.1 Å². The number of pyridine rings is 1. The molecule has 0 aliphatic rings. The number of nitrogens with zero attached hydrogens (tertiary/aromatic N) is 3. The zero-order valence-electron chi connectivity index (χ0n) is 10.2. The molecule has 0 bridgehead atoms. The summed E-state index contributed by atoms with van der Waals surface area (Å²) < 4.78 is 6.24. The van der Waals surface area contributed by atoms with Crippen molar-refractivity contribution < 1.29 is 4.52 Å². The maximum Gasteiger partial charge on any atom is 0.259 e. The van der Waals surface area contributed by atoms with E-state index in [1.54, 1.807) is 6.20 Å². The zero-order chi connectivity index (χ0) is 13.2. The van der Waals surface area contributed by atoms with E-state index in [0.717, 1.165) is 15.6 Å². The molecule has 1 aromatic carbocycles. The van der Waals surface area contributed by atoms with Crippen LogP contribution in [0.2, 0.25) is 0 Å². The number of aryl methyl sites for hydroxylation is 1. The van der Waals surface area contributed by atoms with Gasteiger partial charge in [-0.15, -0.1) is 0 Å². The van der Waals surface area contributed by atoms with Gasteiger partial charge in [0.25, 0.3) is 5.89 Å². The van der Waals surface area contributed by atoms with E-state index in [9.17, 15) is 0 Å². The third-order valence-corrected chi connectivity index (χ3v) is 3.36. The Hall–Kier alpha value is -2.01. The molecule has 0 N–H and O–H groups in total. The van der Waals surface area contributed by atoms with E-state index in [4.69, 9.17) is 4.52 Å². The minimum atomic E-state index is 0.483. The van der Waals surface area contributed by atoms with Crippen molar-refractivity contribution in [3.63, 3.8) is 0 Å². The summed E-state index contributed by atoms with van der Waals surface area (Å²) >= 11 is 3.49. The lowest BCUT2D eigenvalue weighted by atomic mass is 10.1. The van der Waals surface area contributed by atoms with Crippen LogP contribution in [0.4, 0.5) is 0 Å². The van der Waals surface area contributed by atoms with Crippen molar-refractivity contribution in [1.29, 1.82) is 0 Å². The lowest BCUT2D eigenvalue weighted by molar-refractivity contribution is 0.432. The summed E-state index contributed by atoms with van der Waals surface area (Å²) in [7, 11) is 0. The summed E-state index contributed by atoms with van der Waals surface area (Å²) in [4.78, 5) is 8.58. The second kappa shape index (κ2) is 4.93. The van der Waals surface area contributed by atoms with Crippen molar-refractivity contribution in [3.8, 4) is 23.0 Å². The summed E-state index contributed by atoms with van der Waals surface area (Å²) in [6.45, 7) is 2.02. The number of hydrogen-bond donors (Lipinski definition) is 0. The molecule has 0 atom stereocenters. The fraction of sp³-hybridized carbons (Fsp3) is 0.0714. The average Bonchev–Trinajstić information content (AvgIpc) is 2.92. The van der Waals surface area contributed by atoms with Gasteiger partial charge in [0.1, 0.15) is 5.69 Å². The Labute approximate surface area is 118 Å². The van der Waals surface area contributed by atoms with Crippen LogP contribution in [0.15, 0.2) is 51.6 Å². The van der Waals surface area contributed by atoms with Crippen LogP contribution in [0.3, 0.4) is 0 Å². The molecule has 4 nitrogen and oxygen atoms in total. The zero-order valence-corrected chi connectivity index (χ0v) is 11.8. The van der Waals surface area contributed by atoms with Crippen LogP contribution in [-0.2, 0) is 0 Å². The molecule has 0 radical (unpaired) electrons. The molecule has 0 aliphatic heterocycles. The standard InChI is InChI=1S/C14H10BrN3O/c1-9-5-6-11(15)10(8-9)14-17-13(18-19-14)12-4-2-3-7-16-12/h2-8H,1H3. The molecule has 5 heteroatoms. The highest BCUT2D eigenvalue weighted by molar-refractivity contribution is 9.10. The summed E-state index contributed by atoms with van der Waals surface area (Å²) in [5.74, 6) is 0.972. The van der Waals surface area contributed by atoms with Crippen molar-refractivity contribution >= 4 is 15.9 Å². The van der Waals surface area contributed by atoms with E-state index in [0.29, 0.717) is 17.4 Å². The van der Waals surface area contributed by atoms with Crippen molar-refractivity contribution in [1.82, 2.24) is 15.1 Å². The van der Waals surface area contributed by atoms with Crippen LogP contribution < -0.4 is 0 Å². The highest BCUT2D eigenvalue weighted by atomic mass is 79.9. The Bertz CT molecular complexity index is 710. The molecule has 2 heterocycles. The van der Waals surface area contributed by atoms with Gasteiger partial charge in [0.05, 0.1) is 5.56 Å². The van der Waals surface area contributed by atoms with Crippen LogP contribution in [0.25, 0.3) is 23.0 Å². The van der Waals surface area contributed by atoms with Crippen LogP contribution in [0.5, 0.6) is 0 Å². The predicted molar refractivity (Wildman–Crippen MR) is 75.4 cm³/mol. The molecule has 0 saturated heterocycles. The molecule has 0 saturated carbocycles. The lowest BCUT2D eigenvalue weighted by Gasteiger charge is -1.99. The van der Waals surface area contributed by atoms with Gasteiger partial charge in [-0.2, -0.15) is 4.98 Å². The van der Waals surface area contributed by atoms with Gasteiger partial charge in [0.15, 0.2) is 0 Å². The molecular weight excluding hydrogens is 306 g/mol. The molecule has 0 unspecified atom stereocenters. The average molecular weight is 316 g/mol. The summed E-state index contributed by atoms with van der Waals surface area (Å²) in [6, 6.07) is 11.6. The molecule has 94 valence electrons. The maximum absolute atomic E-state index is 5.31. The molecule has 19 heavy (non-hydrogen) atoms. The van der Waals surface area contributed by atoms with Gasteiger partial charge >= 0.3 is 0 Å². The fourth-order valence-corrected chi connectivity index (χ4v) is 2.15. The first-order valence-electron chi connectivity index (χ1n) is 5.76. The maximum atomic E-state index is 5.31. The number of halogens is 1. The second-order valence-corrected chi connectivity index (χ2v) is 4.98. The molecule has 0 fully saturated rings. The van der Waals surface area contributed by atoms with Crippen LogP contribution in [0.1, 0.15) is 5.56 Å². The number of rotatable bonds is 2. The Balaban J connectivity index is 2.04. The summed E-state index contributed by atoms with van der Waals surface area (Å²) in [6.07, 6.45) is 1.70. The summed E-state index contributed by atoms with van der Waals surface area (Å²) in [5, 5.41) is 3.96. The van der Waals surface area contributed by atoms with Crippen LogP contribution >= 0.6 is 15.9 Å². The van der Waals surface area contributed by atoms with Crippen molar-refractivity contribution in [2.24, 2.45) is 0 Å². The molecular formula is C14H10BrN3O. The number of hydrogen-bond acceptors (Lipinski definition) is 4. The first-order chi connectivity index (χ1) is 9.24. The largest absolute Gasteiger partial charge is 0.334 e. The second-order valence-electron chi connectivity index (χ2n) is 4.12. The number of benzene rings is 1. The quantitative estimate of drug-likeness (QED) is 0.720. The Morgan fingerprint density at radius 1 is 1.16 bits per heavy atom. The van der Waals surface area contributed by atoms with E-state index < -0.39 is 0 Å². The molecule has 3 aromatic rings. The van der Waals surface area contributed by atoms with E-state index in [-0.39, 0.29) is 0 Å². The molecule has 0 spiro atoms. The Morgan fingerprint density at radius 3 is 2.84 bits per heavy atom. The minimum absolute atomic E-state index is 0.483. The Kier molecular flexibility index (Phi) is 3.13. The van der Waals surface area contributed by atoms with Crippen molar-refractivity contribution in [3.05, 3.63) is 52.6 Å². The fourth-order valence-electron chi connectivity index (χ4n) is 1.73. The lowest BCUT2D eigenvalue weighted by Crippen LogP contribution is -1.85. The summed E-state index contributed by atoms with van der Waals surface area (Å²) in [5.41, 5.74) is 2.71. The Morgan fingerprint density at radius 2 is 2.05 bits per heavy atom. The third kappa shape index (κ3) is 2.42.